The van der Waals surface area contributed by atoms with Gasteiger partial charge in [0, 0.05) is 6.07 Å². The van der Waals surface area contributed by atoms with Crippen molar-refractivity contribution in [2.45, 2.75) is 26.4 Å². The van der Waals surface area contributed by atoms with E-state index in [1.807, 2.05) is 0 Å². The van der Waals surface area contributed by atoms with Gasteiger partial charge in [0.05, 0.1) is 12.1 Å². The SMILES string of the molecule is CC(C)(C)OC(=O)NCC#Cc1cc(F)c(F)cc1F. The Morgan fingerprint density at radius 1 is 1.20 bits per heavy atom. The van der Waals surface area contributed by atoms with Crippen LogP contribution in [0.2, 0.25) is 0 Å². The van der Waals surface area contributed by atoms with Crippen molar-refractivity contribution in [2.24, 2.45) is 0 Å². The molecule has 3 nitrogen and oxygen atoms in total. The zero-order valence-electron chi connectivity index (χ0n) is 11.3. The standard InChI is InChI=1S/C14H14F3NO2/c1-14(2,3)20-13(19)18-6-4-5-9-7-11(16)12(17)8-10(9)15/h7-8H,6H2,1-3H3,(H,18,19). The predicted octanol–water partition coefficient (Wildman–Crippen LogP) is 2.98. The molecule has 0 atom stereocenters. The van der Waals surface area contributed by atoms with Crippen molar-refractivity contribution < 1.29 is 22.7 Å². The zero-order valence-corrected chi connectivity index (χ0v) is 11.3. The van der Waals surface area contributed by atoms with Gasteiger partial charge < -0.3 is 10.1 Å². The van der Waals surface area contributed by atoms with Gasteiger partial charge in [0.15, 0.2) is 11.6 Å². The van der Waals surface area contributed by atoms with E-state index in [4.69, 9.17) is 4.74 Å². The van der Waals surface area contributed by atoms with Crippen LogP contribution in [0.1, 0.15) is 26.3 Å². The molecule has 0 aliphatic heterocycles. The molecule has 6 heteroatoms. The van der Waals surface area contributed by atoms with Crippen molar-refractivity contribution in [3.05, 3.63) is 35.1 Å². The molecule has 1 N–H and O–H groups in total. The van der Waals surface area contributed by atoms with Crippen LogP contribution in [0.3, 0.4) is 0 Å². The first kappa shape index (κ1) is 15.9. The molecule has 0 aliphatic carbocycles. The molecule has 1 rings (SSSR count). The minimum Gasteiger partial charge on any atom is -0.444 e. The Balaban J connectivity index is 2.60. The van der Waals surface area contributed by atoms with Gasteiger partial charge in [-0.3, -0.25) is 0 Å². The maximum absolute atomic E-state index is 13.2. The number of carbonyl (C=O) groups is 1. The first-order valence-corrected chi connectivity index (χ1v) is 5.79. The maximum atomic E-state index is 13.2. The molecular formula is C14H14F3NO2. The summed E-state index contributed by atoms with van der Waals surface area (Å²) in [6.07, 6.45) is -0.669. The Morgan fingerprint density at radius 2 is 1.80 bits per heavy atom. The van der Waals surface area contributed by atoms with Gasteiger partial charge in [-0.15, -0.1) is 0 Å². The summed E-state index contributed by atoms with van der Waals surface area (Å²) >= 11 is 0. The number of benzene rings is 1. The molecule has 0 bridgehead atoms. The summed E-state index contributed by atoms with van der Waals surface area (Å²) in [5.74, 6) is 1.29. The van der Waals surface area contributed by atoms with Gasteiger partial charge in [-0.25, -0.2) is 18.0 Å². The summed E-state index contributed by atoms with van der Waals surface area (Å²) in [5.41, 5.74) is -0.918. The predicted molar refractivity (Wildman–Crippen MR) is 67.4 cm³/mol. The van der Waals surface area contributed by atoms with Crippen LogP contribution in [0.5, 0.6) is 0 Å². The van der Waals surface area contributed by atoms with Crippen LogP contribution in [0.15, 0.2) is 12.1 Å². The molecule has 0 heterocycles. The summed E-state index contributed by atoms with van der Waals surface area (Å²) in [6, 6.07) is 1.08. The zero-order chi connectivity index (χ0) is 15.3. The van der Waals surface area contributed by atoms with E-state index in [0.717, 1.165) is 0 Å². The molecular weight excluding hydrogens is 271 g/mol. The molecule has 0 saturated carbocycles. The summed E-state index contributed by atoms with van der Waals surface area (Å²) in [4.78, 5) is 11.3. The smallest absolute Gasteiger partial charge is 0.408 e. The van der Waals surface area contributed by atoms with E-state index in [9.17, 15) is 18.0 Å². The lowest BCUT2D eigenvalue weighted by atomic mass is 10.2. The van der Waals surface area contributed by atoms with Gasteiger partial charge >= 0.3 is 6.09 Å². The fourth-order valence-electron chi connectivity index (χ4n) is 1.19. The Bertz CT molecular complexity index is 568. The highest BCUT2D eigenvalue weighted by molar-refractivity contribution is 5.68. The van der Waals surface area contributed by atoms with Gasteiger partial charge in [0.2, 0.25) is 0 Å². The average Bonchev–Trinajstić information content (AvgIpc) is 2.28. The van der Waals surface area contributed by atoms with Crippen molar-refractivity contribution in [1.29, 1.82) is 0 Å². The summed E-state index contributed by atoms with van der Waals surface area (Å²) in [5, 5.41) is 2.33. The molecule has 1 amide bonds. The molecule has 108 valence electrons. The normalized spacial score (nSPS) is 10.5. The van der Waals surface area contributed by atoms with Crippen molar-refractivity contribution in [3.63, 3.8) is 0 Å². The highest BCUT2D eigenvalue weighted by atomic mass is 19.2. The van der Waals surface area contributed by atoms with Crippen LogP contribution >= 0.6 is 0 Å². The third-order valence-corrected chi connectivity index (χ3v) is 1.95. The number of alkyl carbamates (subject to hydrolysis) is 1. The van der Waals surface area contributed by atoms with Crippen LogP contribution in [-0.4, -0.2) is 18.2 Å². The van der Waals surface area contributed by atoms with Crippen molar-refractivity contribution >= 4 is 6.09 Å². The van der Waals surface area contributed by atoms with Crippen molar-refractivity contribution in [2.75, 3.05) is 6.54 Å². The Hall–Kier alpha value is -2.16. The molecule has 0 aliphatic rings. The lowest BCUT2D eigenvalue weighted by Gasteiger charge is -2.18. The topological polar surface area (TPSA) is 38.3 Å². The molecule has 0 aromatic heterocycles. The molecule has 1 aromatic carbocycles. The number of nitrogens with one attached hydrogen (secondary N) is 1. The lowest BCUT2D eigenvalue weighted by Crippen LogP contribution is -2.32. The van der Waals surface area contributed by atoms with E-state index in [0.29, 0.717) is 12.1 Å². The largest absolute Gasteiger partial charge is 0.444 e. The number of amides is 1. The molecule has 0 saturated heterocycles. The Labute approximate surface area is 115 Å². The van der Waals surface area contributed by atoms with Crippen LogP contribution in [-0.2, 0) is 4.74 Å². The second-order valence-electron chi connectivity index (χ2n) is 4.90. The van der Waals surface area contributed by atoms with Gasteiger partial charge in [-0.1, -0.05) is 11.8 Å². The van der Waals surface area contributed by atoms with E-state index in [1.165, 1.54) is 0 Å². The minimum atomic E-state index is -1.28. The molecule has 0 radical (unpaired) electrons. The van der Waals surface area contributed by atoms with Crippen LogP contribution in [0.25, 0.3) is 0 Å². The van der Waals surface area contributed by atoms with E-state index < -0.39 is 29.1 Å². The Morgan fingerprint density at radius 3 is 2.40 bits per heavy atom. The monoisotopic (exact) mass is 285 g/mol. The molecule has 1 aromatic rings. The summed E-state index contributed by atoms with van der Waals surface area (Å²) in [7, 11) is 0. The number of halogens is 3. The van der Waals surface area contributed by atoms with Gasteiger partial charge in [0.1, 0.15) is 11.4 Å². The first-order valence-electron chi connectivity index (χ1n) is 5.79. The van der Waals surface area contributed by atoms with E-state index in [2.05, 4.69) is 17.2 Å². The molecule has 20 heavy (non-hydrogen) atoms. The quantitative estimate of drug-likeness (QED) is 0.636. The Kier molecular flexibility index (Phi) is 5.03. The summed E-state index contributed by atoms with van der Waals surface area (Å²) in [6.45, 7) is 5.01. The van der Waals surface area contributed by atoms with E-state index in [1.54, 1.807) is 20.8 Å². The number of rotatable bonds is 1. The van der Waals surface area contributed by atoms with Crippen LogP contribution < -0.4 is 5.32 Å². The third-order valence-electron chi connectivity index (χ3n) is 1.95. The minimum absolute atomic E-state index is 0.104. The van der Waals surface area contributed by atoms with Crippen molar-refractivity contribution in [3.8, 4) is 11.8 Å². The average molecular weight is 285 g/mol. The number of ether oxygens (including phenoxy) is 1. The highest BCUT2D eigenvalue weighted by Crippen LogP contribution is 2.12. The molecule has 0 fully saturated rings. The van der Waals surface area contributed by atoms with Crippen LogP contribution in [0.4, 0.5) is 18.0 Å². The molecule has 0 unspecified atom stereocenters. The summed E-state index contributed by atoms with van der Waals surface area (Å²) < 4.78 is 43.7. The fraction of sp³-hybridized carbons (Fsp3) is 0.357. The second kappa shape index (κ2) is 6.33. The number of hydrogen-bond donors (Lipinski definition) is 1. The van der Waals surface area contributed by atoms with Crippen LogP contribution in [0, 0.1) is 29.3 Å². The van der Waals surface area contributed by atoms with Gasteiger partial charge in [0.25, 0.3) is 0 Å². The highest BCUT2D eigenvalue weighted by Gasteiger charge is 2.15. The van der Waals surface area contributed by atoms with Crippen molar-refractivity contribution in [1.82, 2.24) is 5.32 Å². The molecule has 0 spiro atoms. The number of carbonyl (C=O) groups excluding carboxylic acids is 1. The lowest BCUT2D eigenvalue weighted by molar-refractivity contribution is 0.0535. The number of hydrogen-bond acceptors (Lipinski definition) is 2. The fourth-order valence-corrected chi connectivity index (χ4v) is 1.19. The third kappa shape index (κ3) is 5.22. The van der Waals surface area contributed by atoms with E-state index in [-0.39, 0.29) is 12.1 Å². The van der Waals surface area contributed by atoms with E-state index >= 15 is 0 Å². The first-order chi connectivity index (χ1) is 9.19. The maximum Gasteiger partial charge on any atom is 0.408 e. The second-order valence-corrected chi connectivity index (χ2v) is 4.90. The van der Waals surface area contributed by atoms with Gasteiger partial charge in [-0.2, -0.15) is 0 Å². The van der Waals surface area contributed by atoms with Gasteiger partial charge in [-0.05, 0) is 26.8 Å².